The van der Waals surface area contributed by atoms with E-state index in [0.29, 0.717) is 30.2 Å². The molecule has 202 valence electrons. The van der Waals surface area contributed by atoms with Gasteiger partial charge in [-0.05, 0) is 76.6 Å². The number of fused-ring (bicyclic) bond motifs is 1. The van der Waals surface area contributed by atoms with Crippen LogP contribution in [-0.2, 0) is 21.7 Å². The first kappa shape index (κ1) is 27.5. The molecule has 0 saturated heterocycles. The zero-order valence-corrected chi connectivity index (χ0v) is 23.4. The molecule has 3 aromatic rings. The highest BCUT2D eigenvalue weighted by Crippen LogP contribution is 2.51. The van der Waals surface area contributed by atoms with Gasteiger partial charge in [0, 0.05) is 68.1 Å². The molecule has 1 aliphatic rings. The number of methoxy groups -OCH3 is 1. The molecule has 0 saturated carbocycles. The monoisotopic (exact) mass is 517 g/mol. The van der Waals surface area contributed by atoms with Crippen molar-refractivity contribution >= 4 is 17.3 Å². The van der Waals surface area contributed by atoms with E-state index in [1.54, 1.807) is 25.4 Å². The van der Waals surface area contributed by atoms with E-state index in [0.717, 1.165) is 54.2 Å². The highest BCUT2D eigenvalue weighted by Gasteiger charge is 2.52. The SMILES string of the molecule is CCOc1cc(N(CC)CC)ccc1C1(c2ccc(N(CC)CC)cc2COC)OC(=O)c2cccnc21. The molecule has 38 heavy (non-hydrogen) atoms. The summed E-state index contributed by atoms with van der Waals surface area (Å²) in [6.07, 6.45) is 1.71. The van der Waals surface area contributed by atoms with E-state index in [-0.39, 0.29) is 0 Å². The lowest BCUT2D eigenvalue weighted by molar-refractivity contribution is 0.0228. The highest BCUT2D eigenvalue weighted by atomic mass is 16.6. The van der Waals surface area contributed by atoms with Gasteiger partial charge in [-0.3, -0.25) is 4.98 Å². The zero-order valence-electron chi connectivity index (χ0n) is 23.4. The van der Waals surface area contributed by atoms with E-state index in [2.05, 4.69) is 55.7 Å². The Balaban J connectivity index is 2.04. The molecule has 7 heteroatoms. The molecule has 7 nitrogen and oxygen atoms in total. The summed E-state index contributed by atoms with van der Waals surface area (Å²) in [7, 11) is 1.68. The van der Waals surface area contributed by atoms with Crippen molar-refractivity contribution in [3.63, 3.8) is 0 Å². The molecule has 0 spiro atoms. The second-order valence-electron chi connectivity index (χ2n) is 9.20. The average Bonchev–Trinajstić information content (AvgIpc) is 3.24. The molecule has 0 radical (unpaired) electrons. The molecule has 2 heterocycles. The van der Waals surface area contributed by atoms with Crippen LogP contribution >= 0.6 is 0 Å². The smallest absolute Gasteiger partial charge is 0.341 e. The van der Waals surface area contributed by atoms with Crippen molar-refractivity contribution < 1.29 is 19.0 Å². The van der Waals surface area contributed by atoms with Crippen LogP contribution in [0.4, 0.5) is 11.4 Å². The largest absolute Gasteiger partial charge is 0.493 e. The number of rotatable bonds is 12. The molecule has 1 aromatic heterocycles. The number of benzene rings is 2. The maximum absolute atomic E-state index is 13.4. The van der Waals surface area contributed by atoms with Crippen LogP contribution in [0.5, 0.6) is 5.75 Å². The third-order valence-electron chi connectivity index (χ3n) is 7.28. The van der Waals surface area contributed by atoms with Crippen LogP contribution in [0.2, 0.25) is 0 Å². The van der Waals surface area contributed by atoms with Crippen LogP contribution in [0.25, 0.3) is 0 Å². The van der Waals surface area contributed by atoms with Gasteiger partial charge in [-0.2, -0.15) is 0 Å². The molecular formula is C31H39N3O4. The number of esters is 1. The van der Waals surface area contributed by atoms with Crippen LogP contribution in [0.3, 0.4) is 0 Å². The minimum Gasteiger partial charge on any atom is -0.493 e. The molecule has 0 amide bonds. The minimum absolute atomic E-state index is 0.355. The number of cyclic esters (lactones) is 1. The van der Waals surface area contributed by atoms with Crippen LogP contribution in [0.1, 0.15) is 67.4 Å². The Kier molecular flexibility index (Phi) is 8.57. The van der Waals surface area contributed by atoms with E-state index < -0.39 is 11.6 Å². The maximum Gasteiger partial charge on any atom is 0.341 e. The summed E-state index contributed by atoms with van der Waals surface area (Å²) in [6, 6.07) is 15.9. The Hall–Kier alpha value is -3.58. The van der Waals surface area contributed by atoms with Crippen LogP contribution in [0.15, 0.2) is 54.7 Å². The number of anilines is 2. The van der Waals surface area contributed by atoms with Crippen molar-refractivity contribution in [1.29, 1.82) is 0 Å². The molecule has 1 aliphatic heterocycles. The molecule has 1 unspecified atom stereocenters. The molecule has 0 bridgehead atoms. The highest BCUT2D eigenvalue weighted by molar-refractivity contribution is 5.96. The summed E-state index contributed by atoms with van der Waals surface area (Å²) in [5.41, 5.74) is 4.37. The molecule has 2 aromatic carbocycles. The van der Waals surface area contributed by atoms with Gasteiger partial charge in [-0.25, -0.2) is 4.79 Å². The topological polar surface area (TPSA) is 64.1 Å². The number of pyridine rings is 1. The second kappa shape index (κ2) is 11.9. The van der Waals surface area contributed by atoms with Gasteiger partial charge in [0.1, 0.15) is 11.4 Å². The first-order valence-electron chi connectivity index (χ1n) is 13.6. The fraction of sp³-hybridized carbons (Fsp3) is 0.419. The normalized spacial score (nSPS) is 16.2. The van der Waals surface area contributed by atoms with Crippen molar-refractivity contribution in [2.45, 2.75) is 46.8 Å². The number of aromatic nitrogens is 1. The van der Waals surface area contributed by atoms with E-state index in [4.69, 9.17) is 19.2 Å². The molecular weight excluding hydrogens is 478 g/mol. The van der Waals surface area contributed by atoms with Crippen LogP contribution < -0.4 is 14.5 Å². The molecule has 1 atom stereocenters. The van der Waals surface area contributed by atoms with Gasteiger partial charge in [0.15, 0.2) is 0 Å². The first-order chi connectivity index (χ1) is 18.5. The second-order valence-corrected chi connectivity index (χ2v) is 9.20. The standard InChI is InChI=1S/C31H39N3O4/c1-7-33(8-2)23-14-16-26(22(19-23)21-36-6)31(29-25(30(35)38-31)13-12-18-32-29)27-17-15-24(34(9-3)10-4)20-28(27)37-11-5/h12-20H,7-11,21H2,1-6H3. The fourth-order valence-electron chi connectivity index (χ4n) is 5.45. The maximum atomic E-state index is 13.4. The summed E-state index contributed by atoms with van der Waals surface area (Å²) in [5.74, 6) is 0.263. The Labute approximate surface area is 226 Å². The average molecular weight is 518 g/mol. The molecule has 0 aliphatic carbocycles. The number of carbonyl (C=O) groups is 1. The number of carbonyl (C=O) groups excluding carboxylic acids is 1. The summed E-state index contributed by atoms with van der Waals surface area (Å²) in [5, 5.41) is 0. The summed E-state index contributed by atoms with van der Waals surface area (Å²) in [4.78, 5) is 22.6. The van der Waals surface area contributed by atoms with Gasteiger partial charge in [0.25, 0.3) is 0 Å². The summed E-state index contributed by atoms with van der Waals surface area (Å²) < 4.78 is 18.3. The third-order valence-corrected chi connectivity index (χ3v) is 7.28. The quantitative estimate of drug-likeness (QED) is 0.282. The van der Waals surface area contributed by atoms with Crippen molar-refractivity contribution in [2.24, 2.45) is 0 Å². The van der Waals surface area contributed by atoms with Gasteiger partial charge < -0.3 is 24.0 Å². The summed E-state index contributed by atoms with van der Waals surface area (Å²) in [6.45, 7) is 14.8. The van der Waals surface area contributed by atoms with E-state index in [1.807, 2.05) is 25.1 Å². The van der Waals surface area contributed by atoms with Crippen molar-refractivity contribution in [3.05, 3.63) is 82.7 Å². The van der Waals surface area contributed by atoms with Crippen molar-refractivity contribution in [1.82, 2.24) is 4.98 Å². The lowest BCUT2D eigenvalue weighted by Crippen LogP contribution is -2.33. The summed E-state index contributed by atoms with van der Waals surface area (Å²) >= 11 is 0. The van der Waals surface area contributed by atoms with Gasteiger partial charge in [-0.15, -0.1) is 0 Å². The van der Waals surface area contributed by atoms with E-state index >= 15 is 0 Å². The van der Waals surface area contributed by atoms with Crippen molar-refractivity contribution in [2.75, 3.05) is 49.7 Å². The zero-order chi connectivity index (χ0) is 27.3. The van der Waals surface area contributed by atoms with E-state index in [9.17, 15) is 4.79 Å². The van der Waals surface area contributed by atoms with Gasteiger partial charge in [0.2, 0.25) is 5.60 Å². The van der Waals surface area contributed by atoms with Gasteiger partial charge in [0.05, 0.1) is 18.8 Å². The third kappa shape index (κ3) is 4.71. The first-order valence-corrected chi connectivity index (χ1v) is 13.6. The molecule has 4 rings (SSSR count). The van der Waals surface area contributed by atoms with Crippen LogP contribution in [-0.4, -0.2) is 50.8 Å². The van der Waals surface area contributed by atoms with Gasteiger partial charge in [-0.1, -0.05) is 6.07 Å². The molecule has 0 fully saturated rings. The Bertz CT molecular complexity index is 1200. The number of hydrogen-bond acceptors (Lipinski definition) is 7. The predicted molar refractivity (Wildman–Crippen MR) is 151 cm³/mol. The minimum atomic E-state index is -1.28. The predicted octanol–water partition coefficient (Wildman–Crippen LogP) is 5.78. The Morgan fingerprint density at radius 2 is 1.50 bits per heavy atom. The molecule has 0 N–H and O–H groups in total. The lowest BCUT2D eigenvalue weighted by atomic mass is 9.79. The Morgan fingerprint density at radius 3 is 2.11 bits per heavy atom. The van der Waals surface area contributed by atoms with E-state index in [1.165, 1.54) is 0 Å². The van der Waals surface area contributed by atoms with Crippen molar-refractivity contribution in [3.8, 4) is 5.75 Å². The lowest BCUT2D eigenvalue weighted by Gasteiger charge is -2.34. The van der Waals surface area contributed by atoms with Gasteiger partial charge >= 0.3 is 5.97 Å². The number of hydrogen-bond donors (Lipinski definition) is 0. The Morgan fingerprint density at radius 1 is 0.868 bits per heavy atom. The number of ether oxygens (including phenoxy) is 3. The fourth-order valence-corrected chi connectivity index (χ4v) is 5.45. The van der Waals surface area contributed by atoms with Crippen LogP contribution in [0, 0.1) is 0 Å². The number of nitrogens with zero attached hydrogens (tertiary/aromatic N) is 3.